The Morgan fingerprint density at radius 3 is 2.39 bits per heavy atom. The van der Waals surface area contributed by atoms with E-state index < -0.39 is 11.9 Å². The Balaban J connectivity index is 2.79. The lowest BCUT2D eigenvalue weighted by atomic mass is 10.3. The Labute approximate surface area is 106 Å². The molecule has 1 aromatic heterocycles. The van der Waals surface area contributed by atoms with Crippen LogP contribution < -0.4 is 5.32 Å². The molecule has 2 nitrogen and oxygen atoms in total. The summed E-state index contributed by atoms with van der Waals surface area (Å²) in [4.78, 5) is 0. The minimum atomic E-state index is -4.28. The number of hydrogen-bond donors (Lipinski definition) is 1. The third-order valence-corrected chi connectivity index (χ3v) is 2.80. The number of halogens is 3. The lowest BCUT2D eigenvalue weighted by Crippen LogP contribution is -2.12. The molecule has 0 unspecified atom stereocenters. The molecule has 1 N–H and O–H groups in total. The summed E-state index contributed by atoms with van der Waals surface area (Å²) >= 11 is 0. The number of aromatic nitrogens is 1. The molecule has 0 amide bonds. The van der Waals surface area contributed by atoms with Crippen LogP contribution >= 0.6 is 0 Å². The smallest absolute Gasteiger partial charge is 0.384 e. The van der Waals surface area contributed by atoms with Crippen molar-refractivity contribution < 1.29 is 13.2 Å². The summed E-state index contributed by atoms with van der Waals surface area (Å²) in [7, 11) is 0. The Morgan fingerprint density at radius 2 is 1.83 bits per heavy atom. The predicted octanol–water partition coefficient (Wildman–Crippen LogP) is 4.52. The molecule has 18 heavy (non-hydrogen) atoms. The predicted molar refractivity (Wildman–Crippen MR) is 67.7 cm³/mol. The summed E-state index contributed by atoms with van der Waals surface area (Å²) in [6.07, 6.45) is 0.907. The van der Waals surface area contributed by atoms with Crippen LogP contribution in [0.5, 0.6) is 0 Å². The van der Waals surface area contributed by atoms with Crippen molar-refractivity contribution in [3.8, 4) is 0 Å². The molecule has 1 rings (SSSR count). The topological polar surface area (TPSA) is 17.0 Å². The third kappa shape index (κ3) is 4.27. The van der Waals surface area contributed by atoms with E-state index in [0.717, 1.165) is 25.7 Å². The average molecular weight is 262 g/mol. The molecule has 5 heteroatoms. The highest BCUT2D eigenvalue weighted by atomic mass is 19.4. The van der Waals surface area contributed by atoms with Crippen molar-refractivity contribution in [2.45, 2.75) is 52.3 Å². The van der Waals surface area contributed by atoms with Crippen molar-refractivity contribution in [1.29, 1.82) is 0 Å². The molecule has 0 bridgehead atoms. The van der Waals surface area contributed by atoms with Crippen LogP contribution in [0.25, 0.3) is 0 Å². The summed E-state index contributed by atoms with van der Waals surface area (Å²) in [5, 5.41) is 3.03. The first-order valence-corrected chi connectivity index (χ1v) is 6.50. The molecule has 0 aliphatic rings. The molecule has 0 saturated heterocycles. The highest BCUT2D eigenvalue weighted by Gasteiger charge is 2.34. The van der Waals surface area contributed by atoms with Crippen LogP contribution in [0.1, 0.15) is 45.2 Å². The lowest BCUT2D eigenvalue weighted by molar-refractivity contribution is -0.143. The van der Waals surface area contributed by atoms with Crippen LogP contribution in [0, 0.1) is 0 Å². The zero-order valence-electron chi connectivity index (χ0n) is 11.0. The molecular formula is C13H21F3N2. The van der Waals surface area contributed by atoms with Crippen LogP contribution in [0.2, 0.25) is 0 Å². The number of anilines is 1. The maximum Gasteiger partial charge on any atom is 0.431 e. The van der Waals surface area contributed by atoms with E-state index in [1.54, 1.807) is 6.20 Å². The van der Waals surface area contributed by atoms with E-state index in [4.69, 9.17) is 0 Å². The van der Waals surface area contributed by atoms with E-state index in [9.17, 15) is 13.2 Å². The lowest BCUT2D eigenvalue weighted by Gasteiger charge is -2.10. The third-order valence-electron chi connectivity index (χ3n) is 2.80. The van der Waals surface area contributed by atoms with E-state index in [1.807, 2.05) is 6.92 Å². The van der Waals surface area contributed by atoms with Crippen LogP contribution in [0.3, 0.4) is 0 Å². The van der Waals surface area contributed by atoms with Crippen molar-refractivity contribution in [3.05, 3.63) is 18.0 Å². The van der Waals surface area contributed by atoms with Crippen LogP contribution in [-0.2, 0) is 12.7 Å². The van der Waals surface area contributed by atoms with E-state index >= 15 is 0 Å². The Hall–Kier alpha value is -1.13. The van der Waals surface area contributed by atoms with Crippen molar-refractivity contribution in [2.24, 2.45) is 0 Å². The second kappa shape index (κ2) is 6.71. The highest BCUT2D eigenvalue weighted by molar-refractivity contribution is 5.45. The fourth-order valence-electron chi connectivity index (χ4n) is 1.77. The monoisotopic (exact) mass is 262 g/mol. The van der Waals surface area contributed by atoms with Gasteiger partial charge in [-0.25, -0.2) is 0 Å². The minimum Gasteiger partial charge on any atom is -0.384 e. The molecule has 0 aliphatic heterocycles. The first-order valence-electron chi connectivity index (χ1n) is 6.50. The van der Waals surface area contributed by atoms with Gasteiger partial charge < -0.3 is 9.88 Å². The number of rotatable bonds is 7. The molecule has 0 aliphatic carbocycles. The van der Waals surface area contributed by atoms with Gasteiger partial charge in [0.2, 0.25) is 0 Å². The number of alkyl halides is 3. The van der Waals surface area contributed by atoms with Gasteiger partial charge in [0.05, 0.1) is 5.69 Å². The molecule has 0 spiro atoms. The maximum absolute atomic E-state index is 12.8. The summed E-state index contributed by atoms with van der Waals surface area (Å²) in [5.41, 5.74) is 0.00169. The first kappa shape index (κ1) is 14.9. The number of nitrogens with zero attached hydrogens (tertiary/aromatic N) is 1. The van der Waals surface area contributed by atoms with Gasteiger partial charge in [-0.15, -0.1) is 0 Å². The van der Waals surface area contributed by atoms with Gasteiger partial charge in [0.25, 0.3) is 0 Å². The van der Waals surface area contributed by atoms with E-state index in [0.29, 0.717) is 18.8 Å². The highest BCUT2D eigenvalue weighted by Crippen LogP contribution is 2.32. The second-order valence-electron chi connectivity index (χ2n) is 4.44. The van der Waals surface area contributed by atoms with Gasteiger partial charge in [0.1, 0.15) is 5.69 Å². The molecule has 1 heterocycles. The van der Waals surface area contributed by atoms with Gasteiger partial charge in [-0.1, -0.05) is 26.7 Å². The standard InChI is InChI=1S/C13H21F3N2/c1-3-5-7-17-11-9-12(13(14,15)16)18(10-11)8-6-4-2/h9-10,17H,3-8H2,1-2H3. The number of hydrogen-bond acceptors (Lipinski definition) is 1. The zero-order chi connectivity index (χ0) is 13.6. The molecule has 0 atom stereocenters. The van der Waals surface area contributed by atoms with Crippen molar-refractivity contribution >= 4 is 5.69 Å². The molecule has 1 aromatic rings. The van der Waals surface area contributed by atoms with Gasteiger partial charge in [0.15, 0.2) is 0 Å². The van der Waals surface area contributed by atoms with Gasteiger partial charge in [-0.3, -0.25) is 0 Å². The van der Waals surface area contributed by atoms with Crippen LogP contribution in [0.4, 0.5) is 18.9 Å². The fraction of sp³-hybridized carbons (Fsp3) is 0.692. The Morgan fingerprint density at radius 1 is 1.17 bits per heavy atom. The summed E-state index contributed by atoms with van der Waals surface area (Å²) < 4.78 is 39.8. The molecule has 0 saturated carbocycles. The number of nitrogens with one attached hydrogen (secondary N) is 1. The summed E-state index contributed by atoms with van der Waals surface area (Å²) in [6.45, 7) is 5.15. The largest absolute Gasteiger partial charge is 0.431 e. The van der Waals surface area contributed by atoms with Crippen molar-refractivity contribution in [2.75, 3.05) is 11.9 Å². The Bertz CT molecular complexity index is 356. The average Bonchev–Trinajstić information content (AvgIpc) is 2.70. The van der Waals surface area contributed by atoms with Gasteiger partial charge in [-0.05, 0) is 18.9 Å². The van der Waals surface area contributed by atoms with E-state index in [1.165, 1.54) is 10.6 Å². The van der Waals surface area contributed by atoms with Crippen molar-refractivity contribution in [3.63, 3.8) is 0 Å². The van der Waals surface area contributed by atoms with E-state index in [2.05, 4.69) is 12.2 Å². The van der Waals surface area contributed by atoms with E-state index in [-0.39, 0.29) is 0 Å². The molecule has 0 radical (unpaired) electrons. The fourth-order valence-corrected chi connectivity index (χ4v) is 1.77. The van der Waals surface area contributed by atoms with Crippen molar-refractivity contribution in [1.82, 2.24) is 4.57 Å². The normalized spacial score (nSPS) is 11.8. The minimum absolute atomic E-state index is 0.417. The molecule has 0 aromatic carbocycles. The second-order valence-corrected chi connectivity index (χ2v) is 4.44. The summed E-state index contributed by atoms with van der Waals surface area (Å²) in [6, 6.07) is 1.20. The van der Waals surface area contributed by atoms with Gasteiger partial charge in [-0.2, -0.15) is 13.2 Å². The van der Waals surface area contributed by atoms with Gasteiger partial charge >= 0.3 is 6.18 Å². The van der Waals surface area contributed by atoms with Gasteiger partial charge in [0, 0.05) is 19.3 Å². The molecular weight excluding hydrogens is 241 g/mol. The number of aryl methyl sites for hydroxylation is 1. The van der Waals surface area contributed by atoms with Crippen LogP contribution in [-0.4, -0.2) is 11.1 Å². The Kier molecular flexibility index (Phi) is 5.56. The summed E-state index contributed by atoms with van der Waals surface area (Å²) in [5.74, 6) is 0. The molecule has 0 fully saturated rings. The maximum atomic E-state index is 12.8. The quantitative estimate of drug-likeness (QED) is 0.715. The SMILES string of the molecule is CCCCNc1cc(C(F)(F)F)n(CCCC)c1. The first-order chi connectivity index (χ1) is 8.49. The molecule has 104 valence electrons. The number of unbranched alkanes of at least 4 members (excludes halogenated alkanes) is 2. The van der Waals surface area contributed by atoms with Crippen LogP contribution in [0.15, 0.2) is 12.3 Å². The zero-order valence-corrected chi connectivity index (χ0v) is 11.0.